The second-order valence-electron chi connectivity index (χ2n) is 2.80. The monoisotopic (exact) mass is 234 g/mol. The topological polar surface area (TPSA) is 49.8 Å². The zero-order valence-electron chi connectivity index (χ0n) is 7.40. The highest BCUT2D eigenvalue weighted by atomic mass is 35.5. The molecule has 0 radical (unpaired) electrons. The third-order valence-corrected chi connectivity index (χ3v) is 2.15. The molecule has 2 N–H and O–H groups in total. The van der Waals surface area contributed by atoms with E-state index in [1.54, 1.807) is 6.07 Å². The largest absolute Gasteiger partial charge is 0.416 e. The second-order valence-corrected chi connectivity index (χ2v) is 3.21. The molecule has 0 bridgehead atoms. The molecule has 1 rings (SSSR count). The van der Waals surface area contributed by atoms with Crippen LogP contribution in [0, 0.1) is 11.3 Å². The van der Waals surface area contributed by atoms with Gasteiger partial charge in [0.15, 0.2) is 0 Å². The van der Waals surface area contributed by atoms with Crippen molar-refractivity contribution in [3.05, 3.63) is 33.8 Å². The van der Waals surface area contributed by atoms with Crippen molar-refractivity contribution in [2.75, 3.05) is 0 Å². The van der Waals surface area contributed by atoms with E-state index >= 15 is 0 Å². The summed E-state index contributed by atoms with van der Waals surface area (Å²) in [7, 11) is 0. The van der Waals surface area contributed by atoms with Gasteiger partial charge in [-0.05, 0) is 17.7 Å². The highest BCUT2D eigenvalue weighted by Crippen LogP contribution is 2.34. The summed E-state index contributed by atoms with van der Waals surface area (Å²) in [5.41, 5.74) is 3.93. The molecule has 0 fully saturated rings. The maximum atomic E-state index is 12.5. The van der Waals surface area contributed by atoms with Crippen molar-refractivity contribution in [2.24, 2.45) is 5.73 Å². The molecule has 0 aliphatic carbocycles. The van der Waals surface area contributed by atoms with Crippen LogP contribution in [0.5, 0.6) is 0 Å². The van der Waals surface area contributed by atoms with Gasteiger partial charge in [-0.1, -0.05) is 11.6 Å². The Kier molecular flexibility index (Phi) is 3.22. The van der Waals surface area contributed by atoms with Crippen molar-refractivity contribution in [1.82, 2.24) is 0 Å². The van der Waals surface area contributed by atoms with Crippen LogP contribution in [0.2, 0.25) is 5.02 Å². The molecule has 15 heavy (non-hydrogen) atoms. The van der Waals surface area contributed by atoms with Crippen LogP contribution in [0.15, 0.2) is 12.1 Å². The van der Waals surface area contributed by atoms with Gasteiger partial charge in [0.1, 0.15) is 6.07 Å². The fourth-order valence-electron chi connectivity index (χ4n) is 1.13. The molecular weight excluding hydrogens is 229 g/mol. The summed E-state index contributed by atoms with van der Waals surface area (Å²) >= 11 is 5.58. The van der Waals surface area contributed by atoms with Gasteiger partial charge in [0.25, 0.3) is 0 Å². The van der Waals surface area contributed by atoms with E-state index in [0.29, 0.717) is 6.07 Å². The molecule has 1 aromatic rings. The van der Waals surface area contributed by atoms with E-state index in [1.807, 2.05) is 0 Å². The van der Waals surface area contributed by atoms with Crippen molar-refractivity contribution in [1.29, 1.82) is 5.26 Å². The summed E-state index contributed by atoms with van der Waals surface area (Å²) in [6.07, 6.45) is -4.52. The number of halogens is 4. The molecule has 80 valence electrons. The lowest BCUT2D eigenvalue weighted by Crippen LogP contribution is -2.12. The van der Waals surface area contributed by atoms with E-state index in [4.69, 9.17) is 22.6 Å². The Labute approximate surface area is 89.1 Å². The first-order chi connectivity index (χ1) is 6.90. The fraction of sp³-hybridized carbons (Fsp3) is 0.222. The van der Waals surface area contributed by atoms with E-state index in [1.165, 1.54) is 0 Å². The highest BCUT2D eigenvalue weighted by Gasteiger charge is 2.33. The van der Waals surface area contributed by atoms with E-state index < -0.39 is 11.7 Å². The number of nitriles is 1. The number of benzene rings is 1. The number of hydrogen-bond donors (Lipinski definition) is 1. The Hall–Kier alpha value is -1.25. The Balaban J connectivity index is 3.44. The van der Waals surface area contributed by atoms with Gasteiger partial charge >= 0.3 is 6.18 Å². The summed E-state index contributed by atoms with van der Waals surface area (Å²) in [5.74, 6) is 0. The molecule has 6 heteroatoms. The fourth-order valence-corrected chi connectivity index (χ4v) is 1.36. The minimum atomic E-state index is -4.52. The minimum absolute atomic E-state index is 0.0223. The molecule has 0 saturated carbocycles. The zero-order valence-corrected chi connectivity index (χ0v) is 8.15. The standard InChI is InChI=1S/C9H6ClF3N2/c10-8-2-5(3-14)7(9(11,12)13)1-6(8)4-15/h1-2H,3,14H2. The van der Waals surface area contributed by atoms with Crippen molar-refractivity contribution in [3.63, 3.8) is 0 Å². The van der Waals surface area contributed by atoms with E-state index in [-0.39, 0.29) is 22.7 Å². The number of nitrogens with two attached hydrogens (primary N) is 1. The molecule has 2 nitrogen and oxygen atoms in total. The summed E-state index contributed by atoms with van der Waals surface area (Å²) in [5, 5.41) is 8.52. The van der Waals surface area contributed by atoms with Crippen LogP contribution in [0.25, 0.3) is 0 Å². The number of hydrogen-bond acceptors (Lipinski definition) is 2. The van der Waals surface area contributed by atoms with Gasteiger partial charge in [0, 0.05) is 6.54 Å². The number of nitrogens with zero attached hydrogens (tertiary/aromatic N) is 1. The maximum absolute atomic E-state index is 12.5. The summed E-state index contributed by atoms with van der Waals surface area (Å²) in [6, 6.07) is 3.37. The van der Waals surface area contributed by atoms with Crippen molar-refractivity contribution >= 4 is 11.6 Å². The lowest BCUT2D eigenvalue weighted by atomic mass is 10.0. The highest BCUT2D eigenvalue weighted by molar-refractivity contribution is 6.31. The zero-order chi connectivity index (χ0) is 11.6. The Bertz CT molecular complexity index is 421. The molecule has 0 aliphatic rings. The smallest absolute Gasteiger partial charge is 0.326 e. The molecule has 0 saturated heterocycles. The van der Waals surface area contributed by atoms with Gasteiger partial charge < -0.3 is 5.73 Å². The van der Waals surface area contributed by atoms with Gasteiger partial charge in [-0.25, -0.2) is 0 Å². The second kappa shape index (κ2) is 4.09. The van der Waals surface area contributed by atoms with Crippen molar-refractivity contribution < 1.29 is 13.2 Å². The summed E-state index contributed by atoms with van der Waals surface area (Å²) < 4.78 is 37.4. The van der Waals surface area contributed by atoms with Gasteiger partial charge in [0.05, 0.1) is 16.1 Å². The molecule has 1 aromatic carbocycles. The Morgan fingerprint density at radius 1 is 1.40 bits per heavy atom. The van der Waals surface area contributed by atoms with Gasteiger partial charge in [-0.15, -0.1) is 0 Å². The molecular formula is C9H6ClF3N2. The third-order valence-electron chi connectivity index (χ3n) is 1.84. The number of rotatable bonds is 1. The Morgan fingerprint density at radius 2 is 2.00 bits per heavy atom. The molecule has 0 unspecified atom stereocenters. The summed E-state index contributed by atoms with van der Waals surface area (Å²) in [6.45, 7) is -0.278. The normalized spacial score (nSPS) is 11.2. The van der Waals surface area contributed by atoms with Crippen LogP contribution < -0.4 is 5.73 Å². The van der Waals surface area contributed by atoms with Crippen LogP contribution in [-0.2, 0) is 12.7 Å². The predicted octanol–water partition coefficient (Wildman–Crippen LogP) is 2.69. The molecule has 0 spiro atoms. The molecule has 0 atom stereocenters. The molecule has 0 amide bonds. The lowest BCUT2D eigenvalue weighted by molar-refractivity contribution is -0.138. The molecule has 0 aliphatic heterocycles. The molecule has 0 heterocycles. The summed E-state index contributed by atoms with van der Waals surface area (Å²) in [4.78, 5) is 0. The average molecular weight is 235 g/mol. The van der Waals surface area contributed by atoms with Crippen LogP contribution >= 0.6 is 11.6 Å². The van der Waals surface area contributed by atoms with Gasteiger partial charge in [-0.2, -0.15) is 18.4 Å². The van der Waals surface area contributed by atoms with Crippen molar-refractivity contribution in [3.8, 4) is 6.07 Å². The van der Waals surface area contributed by atoms with Crippen LogP contribution in [0.3, 0.4) is 0 Å². The van der Waals surface area contributed by atoms with Crippen LogP contribution in [-0.4, -0.2) is 0 Å². The first kappa shape index (κ1) is 11.8. The number of alkyl halides is 3. The maximum Gasteiger partial charge on any atom is 0.416 e. The first-order valence-corrected chi connectivity index (χ1v) is 4.27. The predicted molar refractivity (Wildman–Crippen MR) is 49.1 cm³/mol. The average Bonchev–Trinajstić information content (AvgIpc) is 2.15. The van der Waals surface area contributed by atoms with E-state index in [0.717, 1.165) is 6.07 Å². The minimum Gasteiger partial charge on any atom is -0.326 e. The quantitative estimate of drug-likeness (QED) is 0.812. The SMILES string of the molecule is N#Cc1cc(C(F)(F)F)c(CN)cc1Cl. The lowest BCUT2D eigenvalue weighted by Gasteiger charge is -2.12. The third kappa shape index (κ3) is 2.41. The van der Waals surface area contributed by atoms with Gasteiger partial charge in [0.2, 0.25) is 0 Å². The van der Waals surface area contributed by atoms with E-state index in [9.17, 15) is 13.2 Å². The van der Waals surface area contributed by atoms with Crippen LogP contribution in [0.4, 0.5) is 13.2 Å². The van der Waals surface area contributed by atoms with Crippen LogP contribution in [0.1, 0.15) is 16.7 Å². The van der Waals surface area contributed by atoms with Crippen molar-refractivity contribution in [2.45, 2.75) is 12.7 Å². The molecule has 0 aromatic heterocycles. The van der Waals surface area contributed by atoms with E-state index in [2.05, 4.69) is 0 Å². The Morgan fingerprint density at radius 3 is 2.40 bits per heavy atom. The van der Waals surface area contributed by atoms with Gasteiger partial charge in [-0.3, -0.25) is 0 Å². The first-order valence-electron chi connectivity index (χ1n) is 3.90.